The number of hydrazine groups is 1. The number of thiazole rings is 1. The smallest absolute Gasteiger partial charge is 0.281 e. The number of benzene rings is 2. The van der Waals surface area contributed by atoms with Crippen molar-refractivity contribution >= 4 is 23.2 Å². The molecule has 0 fully saturated rings. The van der Waals surface area contributed by atoms with E-state index in [9.17, 15) is 9.59 Å². The van der Waals surface area contributed by atoms with Crippen molar-refractivity contribution in [2.45, 2.75) is 19.8 Å². The van der Waals surface area contributed by atoms with Crippen LogP contribution in [0.25, 0.3) is 22.6 Å². The average molecular weight is 433 g/mol. The van der Waals surface area contributed by atoms with E-state index in [-0.39, 0.29) is 18.2 Å². The first-order valence-electron chi connectivity index (χ1n) is 9.71. The van der Waals surface area contributed by atoms with Crippen molar-refractivity contribution in [3.05, 3.63) is 82.6 Å². The number of carbonyl (C=O) groups excluding carboxylic acids is 2. The Morgan fingerprint density at radius 3 is 2.29 bits per heavy atom. The van der Waals surface area contributed by atoms with Gasteiger partial charge in [-0.15, -0.1) is 11.3 Å². The lowest BCUT2D eigenvalue weighted by Gasteiger charge is -2.05. The molecule has 156 valence electrons. The Labute approximate surface area is 183 Å². The molecular weight excluding hydrogens is 412 g/mol. The average Bonchev–Trinajstić information content (AvgIpc) is 3.43. The van der Waals surface area contributed by atoms with Gasteiger partial charge < -0.3 is 4.42 Å². The number of carbonyl (C=O) groups is 2. The van der Waals surface area contributed by atoms with Crippen LogP contribution in [0, 0.1) is 6.92 Å². The third-order valence-electron chi connectivity index (χ3n) is 4.59. The Morgan fingerprint density at radius 2 is 1.65 bits per heavy atom. The number of nitrogens with one attached hydrogen (secondary N) is 2. The number of oxazole rings is 1. The molecule has 0 atom stereocenters. The van der Waals surface area contributed by atoms with Gasteiger partial charge in [0.05, 0.1) is 11.2 Å². The highest BCUT2D eigenvalue weighted by atomic mass is 32.1. The molecule has 4 rings (SSSR count). The summed E-state index contributed by atoms with van der Waals surface area (Å²) in [5.74, 6) is 0.395. The highest BCUT2D eigenvalue weighted by Crippen LogP contribution is 2.32. The lowest BCUT2D eigenvalue weighted by Crippen LogP contribution is -2.41. The molecule has 2 aromatic heterocycles. The molecule has 0 aliphatic heterocycles. The van der Waals surface area contributed by atoms with Gasteiger partial charge >= 0.3 is 0 Å². The second kappa shape index (κ2) is 9.36. The summed E-state index contributed by atoms with van der Waals surface area (Å²) >= 11 is 1.22. The summed E-state index contributed by atoms with van der Waals surface area (Å²) in [5.41, 5.74) is 9.63. The maximum absolute atomic E-state index is 12.2. The predicted molar refractivity (Wildman–Crippen MR) is 118 cm³/mol. The molecule has 0 radical (unpaired) electrons. The highest BCUT2D eigenvalue weighted by molar-refractivity contribution is 7.11. The number of hydrogen-bond donors (Lipinski definition) is 2. The van der Waals surface area contributed by atoms with Crippen molar-refractivity contribution in [1.29, 1.82) is 0 Å². The normalized spacial score (nSPS) is 10.6. The molecule has 0 aliphatic rings. The summed E-state index contributed by atoms with van der Waals surface area (Å²) in [7, 11) is 0. The molecule has 0 spiro atoms. The molecule has 0 bridgehead atoms. The van der Waals surface area contributed by atoms with Gasteiger partial charge in [-0.3, -0.25) is 20.4 Å². The van der Waals surface area contributed by atoms with E-state index in [4.69, 9.17) is 4.42 Å². The molecule has 4 aromatic rings. The van der Waals surface area contributed by atoms with Crippen LogP contribution in [0.3, 0.4) is 0 Å². The molecule has 8 heteroatoms. The Bertz CT molecular complexity index is 1130. The molecule has 0 saturated carbocycles. The first-order valence-corrected chi connectivity index (χ1v) is 10.6. The molecule has 2 N–H and O–H groups in total. The molecule has 2 aromatic carbocycles. The van der Waals surface area contributed by atoms with E-state index in [1.54, 1.807) is 12.4 Å². The lowest BCUT2D eigenvalue weighted by atomic mass is 10.1. The minimum Gasteiger partial charge on any atom is -0.440 e. The van der Waals surface area contributed by atoms with Crippen molar-refractivity contribution in [3.8, 4) is 22.6 Å². The fraction of sp³-hybridized carbons (Fsp3) is 0.130. The van der Waals surface area contributed by atoms with Crippen LogP contribution in [0.5, 0.6) is 0 Å². The fourth-order valence-corrected chi connectivity index (χ4v) is 3.73. The number of aryl methyl sites for hydroxylation is 2. The Hall–Kier alpha value is -3.78. The summed E-state index contributed by atoms with van der Waals surface area (Å²) in [6.07, 6.45) is 0.416. The van der Waals surface area contributed by atoms with Crippen LogP contribution in [-0.2, 0) is 11.2 Å². The molecule has 0 saturated heterocycles. The van der Waals surface area contributed by atoms with E-state index in [0.29, 0.717) is 28.6 Å². The van der Waals surface area contributed by atoms with Crippen LogP contribution in [-0.4, -0.2) is 21.8 Å². The van der Waals surface area contributed by atoms with Gasteiger partial charge in [-0.25, -0.2) is 9.97 Å². The number of rotatable bonds is 6. The number of hydrogen-bond acceptors (Lipinski definition) is 6. The SMILES string of the molecule is Cc1ncsc1C(=O)NNC(=O)CCc1nc(-c2ccccc2)c(-c2ccccc2)o1. The van der Waals surface area contributed by atoms with Crippen molar-refractivity contribution < 1.29 is 14.0 Å². The van der Waals surface area contributed by atoms with Crippen molar-refractivity contribution in [1.82, 2.24) is 20.8 Å². The Kier molecular flexibility index (Phi) is 6.18. The summed E-state index contributed by atoms with van der Waals surface area (Å²) < 4.78 is 6.02. The summed E-state index contributed by atoms with van der Waals surface area (Å²) in [6.45, 7) is 1.74. The highest BCUT2D eigenvalue weighted by Gasteiger charge is 2.18. The van der Waals surface area contributed by atoms with E-state index >= 15 is 0 Å². The third-order valence-corrected chi connectivity index (χ3v) is 5.52. The molecule has 0 unspecified atom stereocenters. The third kappa shape index (κ3) is 4.87. The van der Waals surface area contributed by atoms with Crippen molar-refractivity contribution in [2.24, 2.45) is 0 Å². The number of amides is 2. The van der Waals surface area contributed by atoms with Crippen LogP contribution < -0.4 is 10.9 Å². The molecule has 7 nitrogen and oxygen atoms in total. The van der Waals surface area contributed by atoms with E-state index in [1.165, 1.54) is 11.3 Å². The van der Waals surface area contributed by atoms with Gasteiger partial charge in [-0.1, -0.05) is 60.7 Å². The molecule has 2 heterocycles. The van der Waals surface area contributed by atoms with Crippen molar-refractivity contribution in [3.63, 3.8) is 0 Å². The summed E-state index contributed by atoms with van der Waals surface area (Å²) in [4.78, 5) is 33.4. The van der Waals surface area contributed by atoms with Crippen LogP contribution in [0.4, 0.5) is 0 Å². The zero-order chi connectivity index (χ0) is 21.6. The van der Waals surface area contributed by atoms with E-state index in [2.05, 4.69) is 20.8 Å². The molecule has 31 heavy (non-hydrogen) atoms. The van der Waals surface area contributed by atoms with Crippen LogP contribution in [0.1, 0.15) is 27.7 Å². The van der Waals surface area contributed by atoms with Gasteiger partial charge in [-0.05, 0) is 6.92 Å². The van der Waals surface area contributed by atoms with Gasteiger partial charge in [0.25, 0.3) is 5.91 Å². The second-order valence-electron chi connectivity index (χ2n) is 6.79. The quantitative estimate of drug-likeness (QED) is 0.446. The van der Waals surface area contributed by atoms with Gasteiger partial charge in [0.15, 0.2) is 11.7 Å². The standard InChI is InChI=1S/C23H20N4O3S/c1-15-22(31-14-24-15)23(29)27-26-18(28)12-13-19-25-20(16-8-4-2-5-9-16)21(30-19)17-10-6-3-7-11-17/h2-11,14H,12-13H2,1H3,(H,26,28)(H,27,29). The monoisotopic (exact) mass is 432 g/mol. The Balaban J connectivity index is 1.44. The van der Waals surface area contributed by atoms with E-state index in [0.717, 1.165) is 16.8 Å². The van der Waals surface area contributed by atoms with Crippen LogP contribution in [0.15, 0.2) is 70.6 Å². The zero-order valence-electron chi connectivity index (χ0n) is 16.8. The largest absolute Gasteiger partial charge is 0.440 e. The fourth-order valence-electron chi connectivity index (χ4n) is 3.03. The molecular formula is C23H20N4O3S. The van der Waals surface area contributed by atoms with E-state index in [1.807, 2.05) is 60.7 Å². The van der Waals surface area contributed by atoms with E-state index < -0.39 is 0 Å². The van der Waals surface area contributed by atoms with Crippen molar-refractivity contribution in [2.75, 3.05) is 0 Å². The van der Waals surface area contributed by atoms with Gasteiger partial charge in [0.1, 0.15) is 10.6 Å². The van der Waals surface area contributed by atoms with Gasteiger partial charge in [0.2, 0.25) is 5.91 Å². The maximum Gasteiger partial charge on any atom is 0.281 e. The number of aromatic nitrogens is 2. The topological polar surface area (TPSA) is 97.1 Å². The van der Waals surface area contributed by atoms with Gasteiger partial charge in [0, 0.05) is 24.0 Å². The minimum atomic E-state index is -0.387. The maximum atomic E-state index is 12.2. The van der Waals surface area contributed by atoms with Crippen LogP contribution in [0.2, 0.25) is 0 Å². The minimum absolute atomic E-state index is 0.116. The van der Waals surface area contributed by atoms with Gasteiger partial charge in [-0.2, -0.15) is 0 Å². The predicted octanol–water partition coefficient (Wildman–Crippen LogP) is 4.17. The first-order chi connectivity index (χ1) is 15.1. The zero-order valence-corrected chi connectivity index (χ0v) is 17.6. The summed E-state index contributed by atoms with van der Waals surface area (Å²) in [6, 6.07) is 19.5. The summed E-state index contributed by atoms with van der Waals surface area (Å²) in [5, 5.41) is 0. The first kappa shape index (κ1) is 20.5. The molecule has 2 amide bonds. The Morgan fingerprint density at radius 1 is 0.968 bits per heavy atom. The lowest BCUT2D eigenvalue weighted by molar-refractivity contribution is -0.121. The number of nitrogens with zero attached hydrogens (tertiary/aromatic N) is 2. The molecule has 0 aliphatic carbocycles. The van der Waals surface area contributed by atoms with Crippen LogP contribution >= 0.6 is 11.3 Å². The second-order valence-corrected chi connectivity index (χ2v) is 7.64.